The Balaban J connectivity index is 1.58. The van der Waals surface area contributed by atoms with E-state index in [-0.39, 0.29) is 16.8 Å². The van der Waals surface area contributed by atoms with Crippen LogP contribution in [0.5, 0.6) is 5.75 Å². The van der Waals surface area contributed by atoms with Gasteiger partial charge in [-0.05, 0) is 79.4 Å². The molecule has 35 heavy (non-hydrogen) atoms. The summed E-state index contributed by atoms with van der Waals surface area (Å²) in [7, 11) is -2.39. The summed E-state index contributed by atoms with van der Waals surface area (Å²) in [6.45, 7) is 2.04. The molecule has 0 radical (unpaired) electrons. The Labute approximate surface area is 204 Å². The van der Waals surface area contributed by atoms with E-state index in [1.807, 2.05) is 0 Å². The number of aryl methyl sites for hydroxylation is 1. The summed E-state index contributed by atoms with van der Waals surface area (Å²) in [5, 5.41) is 0. The molecule has 3 aromatic rings. The minimum atomic E-state index is -3.93. The lowest BCUT2D eigenvalue weighted by molar-refractivity contribution is 0.0729. The molecule has 3 N–H and O–H groups in total. The van der Waals surface area contributed by atoms with Gasteiger partial charge in [-0.1, -0.05) is 18.2 Å². The molecule has 4 rings (SSSR count). The number of hydrogen-bond acceptors (Lipinski definition) is 5. The number of nitrogens with zero attached hydrogens (tertiary/aromatic N) is 1. The van der Waals surface area contributed by atoms with Gasteiger partial charge in [0.2, 0.25) is 5.91 Å². The fourth-order valence-electron chi connectivity index (χ4n) is 3.78. The highest BCUT2D eigenvalue weighted by molar-refractivity contribution is 7.92. The van der Waals surface area contributed by atoms with Crippen LogP contribution in [0.25, 0.3) is 0 Å². The monoisotopic (exact) mass is 493 g/mol. The van der Waals surface area contributed by atoms with E-state index in [2.05, 4.69) is 4.72 Å². The third kappa shape index (κ3) is 5.63. The highest BCUT2D eigenvalue weighted by Gasteiger charge is 2.33. The van der Waals surface area contributed by atoms with Gasteiger partial charge in [-0.3, -0.25) is 14.3 Å². The molecule has 0 saturated heterocycles. The van der Waals surface area contributed by atoms with Crippen LogP contribution in [-0.2, 0) is 16.6 Å². The van der Waals surface area contributed by atoms with Gasteiger partial charge in [0, 0.05) is 29.4 Å². The maximum atomic E-state index is 13.4. The van der Waals surface area contributed by atoms with Crippen molar-refractivity contribution in [2.24, 2.45) is 5.73 Å². The predicted octanol–water partition coefficient (Wildman–Crippen LogP) is 3.71. The van der Waals surface area contributed by atoms with Crippen molar-refractivity contribution < 1.29 is 22.7 Å². The Morgan fingerprint density at radius 1 is 1.00 bits per heavy atom. The van der Waals surface area contributed by atoms with Crippen LogP contribution in [0.3, 0.4) is 0 Å². The van der Waals surface area contributed by atoms with Gasteiger partial charge >= 0.3 is 0 Å². The van der Waals surface area contributed by atoms with Crippen molar-refractivity contribution in [3.8, 4) is 5.75 Å². The van der Waals surface area contributed by atoms with Gasteiger partial charge in [-0.25, -0.2) is 8.42 Å². The number of primary amides is 1. The quantitative estimate of drug-likeness (QED) is 0.471. The van der Waals surface area contributed by atoms with E-state index in [1.54, 1.807) is 72.5 Å². The SMILES string of the molecule is COc1ccc(NS(=O)(=O)c2cc(C(=O)N(Cc3ccc(C(N)=O)cc3)C3CC3)ccc2C)cc1. The molecule has 0 aromatic heterocycles. The molecule has 8 nitrogen and oxygen atoms in total. The lowest BCUT2D eigenvalue weighted by atomic mass is 10.1. The second kappa shape index (κ2) is 9.79. The second-order valence-electron chi connectivity index (χ2n) is 8.54. The Bertz CT molecular complexity index is 1350. The van der Waals surface area contributed by atoms with Gasteiger partial charge in [-0.2, -0.15) is 0 Å². The number of amides is 2. The molecule has 3 aromatic carbocycles. The van der Waals surface area contributed by atoms with Crippen molar-refractivity contribution in [2.45, 2.75) is 37.2 Å². The number of anilines is 1. The summed E-state index contributed by atoms with van der Waals surface area (Å²) < 4.78 is 34.0. The van der Waals surface area contributed by atoms with Crippen LogP contribution in [0, 0.1) is 6.92 Å². The Kier molecular flexibility index (Phi) is 6.79. The molecule has 0 bridgehead atoms. The first-order valence-corrected chi connectivity index (χ1v) is 12.6. The van der Waals surface area contributed by atoms with E-state index in [9.17, 15) is 18.0 Å². The maximum Gasteiger partial charge on any atom is 0.262 e. The molecule has 0 unspecified atom stereocenters. The predicted molar refractivity (Wildman–Crippen MR) is 133 cm³/mol. The number of carbonyl (C=O) groups is 2. The number of nitrogens with one attached hydrogen (secondary N) is 1. The number of sulfonamides is 1. The summed E-state index contributed by atoms with van der Waals surface area (Å²) in [6.07, 6.45) is 1.78. The molecule has 1 aliphatic rings. The van der Waals surface area contributed by atoms with Gasteiger partial charge in [0.15, 0.2) is 0 Å². The van der Waals surface area contributed by atoms with Gasteiger partial charge < -0.3 is 15.4 Å². The van der Waals surface area contributed by atoms with E-state index in [0.29, 0.717) is 34.7 Å². The number of methoxy groups -OCH3 is 1. The standard InChI is InChI=1S/C26H27N3O5S/c1-17-3-6-20(15-24(17)35(32,33)28-21-9-13-23(34-2)14-10-21)26(31)29(22-11-12-22)16-18-4-7-19(8-5-18)25(27)30/h3-10,13-15,22,28H,11-12,16H2,1-2H3,(H2,27,30). The minimum absolute atomic E-state index is 0.0423. The van der Waals surface area contributed by atoms with Gasteiger partial charge in [0.1, 0.15) is 5.75 Å². The van der Waals surface area contributed by atoms with Crippen LogP contribution in [0.2, 0.25) is 0 Å². The van der Waals surface area contributed by atoms with Crippen LogP contribution in [0.1, 0.15) is 44.7 Å². The Morgan fingerprint density at radius 3 is 2.20 bits per heavy atom. The number of benzene rings is 3. The smallest absolute Gasteiger partial charge is 0.262 e. The summed E-state index contributed by atoms with van der Waals surface area (Å²) in [5.74, 6) is -0.142. The fraction of sp³-hybridized carbons (Fsp3) is 0.231. The van der Waals surface area contributed by atoms with E-state index < -0.39 is 15.9 Å². The van der Waals surface area contributed by atoms with Crippen molar-refractivity contribution in [1.29, 1.82) is 0 Å². The highest BCUT2D eigenvalue weighted by atomic mass is 32.2. The third-order valence-corrected chi connectivity index (χ3v) is 7.43. The van der Waals surface area contributed by atoms with Crippen LogP contribution >= 0.6 is 0 Å². The van der Waals surface area contributed by atoms with Gasteiger partial charge in [-0.15, -0.1) is 0 Å². The molecule has 0 heterocycles. The number of nitrogens with two attached hydrogens (primary N) is 1. The second-order valence-corrected chi connectivity index (χ2v) is 10.2. The Morgan fingerprint density at radius 2 is 1.63 bits per heavy atom. The summed E-state index contributed by atoms with van der Waals surface area (Å²) in [4.78, 5) is 26.6. The molecule has 0 spiro atoms. The first kappa shape index (κ1) is 24.3. The molecule has 1 aliphatic carbocycles. The zero-order chi connectivity index (χ0) is 25.2. The molecular weight excluding hydrogens is 466 g/mol. The van der Waals surface area contributed by atoms with Crippen molar-refractivity contribution in [1.82, 2.24) is 4.90 Å². The van der Waals surface area contributed by atoms with Gasteiger partial charge in [0.05, 0.1) is 12.0 Å². The maximum absolute atomic E-state index is 13.4. The molecule has 0 atom stereocenters. The van der Waals surface area contributed by atoms with E-state index in [0.717, 1.165) is 18.4 Å². The summed E-state index contributed by atoms with van der Waals surface area (Å²) in [5.41, 5.74) is 7.78. The number of rotatable bonds is 9. The molecule has 1 saturated carbocycles. The van der Waals surface area contributed by atoms with Crippen molar-refractivity contribution >= 4 is 27.5 Å². The third-order valence-electron chi connectivity index (χ3n) is 5.91. The van der Waals surface area contributed by atoms with Crippen molar-refractivity contribution in [3.63, 3.8) is 0 Å². The molecule has 1 fully saturated rings. The van der Waals surface area contributed by atoms with Crippen molar-refractivity contribution in [3.05, 3.63) is 89.0 Å². The fourth-order valence-corrected chi connectivity index (χ4v) is 5.11. The summed E-state index contributed by atoms with van der Waals surface area (Å²) >= 11 is 0. The first-order valence-electron chi connectivity index (χ1n) is 11.1. The average Bonchev–Trinajstić information content (AvgIpc) is 3.68. The molecular formula is C26H27N3O5S. The zero-order valence-corrected chi connectivity index (χ0v) is 20.3. The minimum Gasteiger partial charge on any atom is -0.497 e. The number of carbonyl (C=O) groups excluding carboxylic acids is 2. The highest BCUT2D eigenvalue weighted by Crippen LogP contribution is 2.31. The first-order chi connectivity index (χ1) is 16.7. The Hall–Kier alpha value is -3.85. The topological polar surface area (TPSA) is 119 Å². The number of ether oxygens (including phenoxy) is 1. The lowest BCUT2D eigenvalue weighted by Gasteiger charge is -2.23. The van der Waals surface area contributed by atoms with Crippen molar-refractivity contribution in [2.75, 3.05) is 11.8 Å². The van der Waals surface area contributed by atoms with Crippen LogP contribution in [-0.4, -0.2) is 38.3 Å². The normalized spacial score (nSPS) is 13.2. The average molecular weight is 494 g/mol. The van der Waals surface area contributed by atoms with Crippen LogP contribution in [0.4, 0.5) is 5.69 Å². The molecule has 9 heteroatoms. The molecule has 2 amide bonds. The summed E-state index contributed by atoms with van der Waals surface area (Å²) in [6, 6.07) is 18.2. The molecule has 0 aliphatic heterocycles. The number of hydrogen-bond donors (Lipinski definition) is 2. The van der Waals surface area contributed by atoms with Crippen LogP contribution < -0.4 is 15.2 Å². The van der Waals surface area contributed by atoms with Crippen LogP contribution in [0.15, 0.2) is 71.6 Å². The molecule has 182 valence electrons. The lowest BCUT2D eigenvalue weighted by Crippen LogP contribution is -2.32. The zero-order valence-electron chi connectivity index (χ0n) is 19.5. The van der Waals surface area contributed by atoms with E-state index >= 15 is 0 Å². The van der Waals surface area contributed by atoms with E-state index in [4.69, 9.17) is 10.5 Å². The van der Waals surface area contributed by atoms with Gasteiger partial charge in [0.25, 0.3) is 15.9 Å². The largest absolute Gasteiger partial charge is 0.497 e. The van der Waals surface area contributed by atoms with E-state index in [1.165, 1.54) is 13.2 Å².